The number of alkyl halides is 3. The lowest BCUT2D eigenvalue weighted by molar-refractivity contribution is -0.159. The Labute approximate surface area is 117 Å². The van der Waals surface area contributed by atoms with Crippen molar-refractivity contribution in [2.45, 2.75) is 12.6 Å². The molecule has 2 rings (SSSR count). The molecule has 0 unspecified atom stereocenters. The predicted molar refractivity (Wildman–Crippen MR) is 59.6 cm³/mol. The number of hydrogen-bond donors (Lipinski definition) is 2. The van der Waals surface area contributed by atoms with Gasteiger partial charge in [0, 0.05) is 5.56 Å². The fourth-order valence-electron chi connectivity index (χ4n) is 1.46. The highest BCUT2D eigenvalue weighted by Gasteiger charge is 2.38. The molecule has 0 spiro atoms. The van der Waals surface area contributed by atoms with Gasteiger partial charge in [-0.2, -0.15) is 18.2 Å². The van der Waals surface area contributed by atoms with Gasteiger partial charge in [-0.05, 0) is 5.56 Å². The molecule has 2 aromatic rings. The lowest BCUT2D eigenvalue weighted by Crippen LogP contribution is -3.00. The van der Waals surface area contributed by atoms with Gasteiger partial charge in [0.05, 0.1) is 6.42 Å². The van der Waals surface area contributed by atoms with E-state index in [2.05, 4.69) is 14.7 Å². The molecule has 0 fully saturated rings. The maximum absolute atomic E-state index is 12.3. The van der Waals surface area contributed by atoms with Crippen LogP contribution in [0.1, 0.15) is 11.5 Å². The largest absolute Gasteiger partial charge is 1.00 e. The standard InChI is InChI=1S/C11H9F3N4O.ClH/c12-11(13,14)10-17-9(18-19-10)7-3-1-6(2-4-7)5-8(15)16;/h1-4H,5H2,(H3,15,16);1H. The fourth-order valence-corrected chi connectivity index (χ4v) is 1.46. The van der Waals surface area contributed by atoms with Crippen molar-refractivity contribution in [1.29, 1.82) is 0 Å². The van der Waals surface area contributed by atoms with Gasteiger partial charge in [-0.15, -0.1) is 0 Å². The molecule has 1 heterocycles. The maximum atomic E-state index is 12.3. The highest BCUT2D eigenvalue weighted by molar-refractivity contribution is 5.76. The van der Waals surface area contributed by atoms with Crippen molar-refractivity contribution in [1.82, 2.24) is 10.1 Å². The Morgan fingerprint density at radius 3 is 2.30 bits per heavy atom. The Morgan fingerprint density at radius 1 is 1.25 bits per heavy atom. The van der Waals surface area contributed by atoms with Crippen LogP contribution in [0.5, 0.6) is 0 Å². The molecule has 0 amide bonds. The first kappa shape index (κ1) is 16.0. The number of aromatic nitrogens is 2. The molecule has 9 heteroatoms. The maximum Gasteiger partial charge on any atom is 0.471 e. The average molecular weight is 307 g/mol. The van der Waals surface area contributed by atoms with Gasteiger partial charge in [-0.25, -0.2) is 0 Å². The molecule has 5 nitrogen and oxygen atoms in total. The SMILES string of the molecule is NC(=[NH2+])Cc1ccc(-c2noc(C(F)(F)F)n2)cc1.[Cl-]. The average Bonchev–Trinajstić information content (AvgIpc) is 2.78. The van der Waals surface area contributed by atoms with Gasteiger partial charge in [0.2, 0.25) is 11.7 Å². The molecule has 0 aliphatic carbocycles. The van der Waals surface area contributed by atoms with Gasteiger partial charge >= 0.3 is 12.1 Å². The zero-order valence-corrected chi connectivity index (χ0v) is 10.7. The number of nitrogens with zero attached hydrogens (tertiary/aromatic N) is 2. The molecule has 0 saturated carbocycles. The highest BCUT2D eigenvalue weighted by Crippen LogP contribution is 2.29. The van der Waals surface area contributed by atoms with E-state index in [1.54, 1.807) is 24.3 Å². The summed E-state index contributed by atoms with van der Waals surface area (Å²) < 4.78 is 41.0. The van der Waals surface area contributed by atoms with Crippen LogP contribution >= 0.6 is 0 Å². The molecule has 0 aliphatic heterocycles. The molecule has 0 saturated heterocycles. The van der Waals surface area contributed by atoms with Crippen LogP contribution in [0.25, 0.3) is 11.4 Å². The summed E-state index contributed by atoms with van der Waals surface area (Å²) in [5, 5.41) is 8.64. The second-order valence-corrected chi connectivity index (χ2v) is 3.87. The topological polar surface area (TPSA) is 90.5 Å². The van der Waals surface area contributed by atoms with Gasteiger partial charge in [0.25, 0.3) is 0 Å². The van der Waals surface area contributed by atoms with Gasteiger partial charge in [0.1, 0.15) is 0 Å². The number of rotatable bonds is 3. The summed E-state index contributed by atoms with van der Waals surface area (Å²) in [5.41, 5.74) is 6.61. The van der Waals surface area contributed by atoms with Gasteiger partial charge in [-0.3, -0.25) is 11.1 Å². The third-order valence-corrected chi connectivity index (χ3v) is 2.29. The fraction of sp³-hybridized carbons (Fsp3) is 0.182. The quantitative estimate of drug-likeness (QED) is 0.481. The Hall–Kier alpha value is -2.09. The second kappa shape index (κ2) is 5.91. The normalized spacial score (nSPS) is 10.9. The number of halogens is 4. The molecular weight excluding hydrogens is 297 g/mol. The summed E-state index contributed by atoms with van der Waals surface area (Å²) in [4.78, 5) is 3.28. The zero-order chi connectivity index (χ0) is 14.0. The van der Waals surface area contributed by atoms with Crippen LogP contribution in [0.2, 0.25) is 0 Å². The molecule has 4 N–H and O–H groups in total. The van der Waals surface area contributed by atoms with Gasteiger partial charge in [-0.1, -0.05) is 29.4 Å². The first-order valence-corrected chi connectivity index (χ1v) is 5.23. The van der Waals surface area contributed by atoms with Crippen LogP contribution in [0, 0.1) is 0 Å². The summed E-state index contributed by atoms with van der Waals surface area (Å²) in [6.07, 6.45) is -4.26. The van der Waals surface area contributed by atoms with E-state index < -0.39 is 12.1 Å². The van der Waals surface area contributed by atoms with Gasteiger partial charge in [0.15, 0.2) is 0 Å². The second-order valence-electron chi connectivity index (χ2n) is 3.87. The van der Waals surface area contributed by atoms with E-state index in [-0.39, 0.29) is 24.1 Å². The summed E-state index contributed by atoms with van der Waals surface area (Å²) in [5.74, 6) is -1.23. The van der Waals surface area contributed by atoms with E-state index in [0.717, 1.165) is 5.56 Å². The molecule has 0 aliphatic rings. The van der Waals surface area contributed by atoms with E-state index in [0.29, 0.717) is 12.0 Å². The smallest absolute Gasteiger partial charge is 0.471 e. The summed E-state index contributed by atoms with van der Waals surface area (Å²) >= 11 is 0. The van der Waals surface area contributed by atoms with Crippen molar-refractivity contribution < 1.29 is 35.5 Å². The minimum absolute atomic E-state index is 0. The Kier molecular flexibility index (Phi) is 4.72. The monoisotopic (exact) mass is 306 g/mol. The van der Waals surface area contributed by atoms with Crippen molar-refractivity contribution in [2.75, 3.05) is 0 Å². The van der Waals surface area contributed by atoms with Crippen molar-refractivity contribution in [3.63, 3.8) is 0 Å². The number of benzene rings is 1. The van der Waals surface area contributed by atoms with Crippen LogP contribution < -0.4 is 23.5 Å². The third-order valence-electron chi connectivity index (χ3n) is 2.29. The van der Waals surface area contributed by atoms with E-state index in [4.69, 9.17) is 11.1 Å². The number of amidine groups is 1. The van der Waals surface area contributed by atoms with Crippen LogP contribution in [-0.2, 0) is 12.6 Å². The molecular formula is C11H10ClF3N4O. The summed E-state index contributed by atoms with van der Waals surface area (Å²) in [6, 6.07) is 6.50. The predicted octanol–water partition coefficient (Wildman–Crippen LogP) is -2.58. The molecule has 0 atom stereocenters. The Bertz CT molecular complexity index is 594. The van der Waals surface area contributed by atoms with E-state index in [1.165, 1.54) is 0 Å². The minimum atomic E-state index is -4.64. The summed E-state index contributed by atoms with van der Waals surface area (Å²) in [7, 11) is 0. The third kappa shape index (κ3) is 3.70. The lowest BCUT2D eigenvalue weighted by Gasteiger charge is -1.98. The Balaban J connectivity index is 0.00000200. The summed E-state index contributed by atoms with van der Waals surface area (Å²) in [6.45, 7) is 0. The van der Waals surface area contributed by atoms with Crippen molar-refractivity contribution >= 4 is 5.84 Å². The van der Waals surface area contributed by atoms with Crippen molar-refractivity contribution in [3.8, 4) is 11.4 Å². The first-order chi connectivity index (χ1) is 8.86. The van der Waals surface area contributed by atoms with Crippen molar-refractivity contribution in [3.05, 3.63) is 35.7 Å². The first-order valence-electron chi connectivity index (χ1n) is 5.23. The van der Waals surface area contributed by atoms with E-state index in [1.807, 2.05) is 0 Å². The minimum Gasteiger partial charge on any atom is -1.00 e. The van der Waals surface area contributed by atoms with E-state index >= 15 is 0 Å². The lowest BCUT2D eigenvalue weighted by atomic mass is 10.1. The molecule has 1 aromatic carbocycles. The van der Waals surface area contributed by atoms with Crippen LogP contribution in [0.15, 0.2) is 28.8 Å². The molecule has 1 aromatic heterocycles. The Morgan fingerprint density at radius 2 is 1.85 bits per heavy atom. The van der Waals surface area contributed by atoms with Crippen LogP contribution in [0.3, 0.4) is 0 Å². The molecule has 0 bridgehead atoms. The molecule has 0 radical (unpaired) electrons. The number of nitrogens with two attached hydrogens (primary N) is 2. The van der Waals surface area contributed by atoms with E-state index in [9.17, 15) is 13.2 Å². The number of hydrogen-bond acceptors (Lipinski definition) is 3. The highest BCUT2D eigenvalue weighted by atomic mass is 35.5. The van der Waals surface area contributed by atoms with Crippen LogP contribution in [0.4, 0.5) is 13.2 Å². The molecule has 108 valence electrons. The van der Waals surface area contributed by atoms with Crippen molar-refractivity contribution in [2.24, 2.45) is 5.73 Å². The van der Waals surface area contributed by atoms with Crippen LogP contribution in [-0.4, -0.2) is 16.0 Å². The molecule has 20 heavy (non-hydrogen) atoms. The zero-order valence-electron chi connectivity index (χ0n) is 9.99. The van der Waals surface area contributed by atoms with Gasteiger partial charge < -0.3 is 16.9 Å².